The fourth-order valence-corrected chi connectivity index (χ4v) is 3.05. The minimum Gasteiger partial charge on any atom is -0.480 e. The number of imidazole rings is 1. The van der Waals surface area contributed by atoms with Crippen LogP contribution in [0.5, 0.6) is 0 Å². The molecule has 0 bridgehead atoms. The van der Waals surface area contributed by atoms with E-state index in [0.717, 1.165) is 0 Å². The first-order valence-corrected chi connectivity index (χ1v) is 11.0. The third kappa shape index (κ3) is 10.9. The normalized spacial score (nSPS) is 14.3. The van der Waals surface area contributed by atoms with Crippen LogP contribution >= 0.6 is 0 Å². The Labute approximate surface area is 201 Å². The molecule has 0 spiro atoms. The first-order chi connectivity index (χ1) is 16.6. The van der Waals surface area contributed by atoms with Gasteiger partial charge in [0.25, 0.3) is 0 Å². The Bertz CT molecular complexity index is 849. The zero-order valence-electron chi connectivity index (χ0n) is 19.2. The van der Waals surface area contributed by atoms with Gasteiger partial charge in [0.2, 0.25) is 23.6 Å². The summed E-state index contributed by atoms with van der Waals surface area (Å²) in [5, 5.41) is 25.8. The number of carboxylic acids is 1. The van der Waals surface area contributed by atoms with E-state index in [1.165, 1.54) is 12.5 Å². The second kappa shape index (κ2) is 15.4. The number of primary amides is 1. The van der Waals surface area contributed by atoms with Crippen molar-refractivity contribution in [2.24, 2.45) is 17.2 Å². The monoisotopic (exact) mass is 498 g/mol. The molecule has 1 heterocycles. The van der Waals surface area contributed by atoms with Gasteiger partial charge in [-0.15, -0.1) is 0 Å². The molecule has 0 radical (unpaired) electrons. The molecule has 12 N–H and O–H groups in total. The molecule has 4 amide bonds. The number of amides is 4. The molecule has 0 saturated carbocycles. The molecular weight excluding hydrogens is 464 g/mol. The third-order valence-electron chi connectivity index (χ3n) is 5.02. The summed E-state index contributed by atoms with van der Waals surface area (Å²) < 4.78 is 0. The van der Waals surface area contributed by atoms with Gasteiger partial charge < -0.3 is 48.3 Å². The van der Waals surface area contributed by atoms with Gasteiger partial charge in [-0.1, -0.05) is 0 Å². The van der Waals surface area contributed by atoms with E-state index in [1.54, 1.807) is 0 Å². The van der Waals surface area contributed by atoms with Crippen molar-refractivity contribution in [1.29, 1.82) is 0 Å². The van der Waals surface area contributed by atoms with Gasteiger partial charge in [0, 0.05) is 24.7 Å². The second-order valence-corrected chi connectivity index (χ2v) is 7.88. The van der Waals surface area contributed by atoms with E-state index < -0.39 is 60.4 Å². The van der Waals surface area contributed by atoms with Crippen LogP contribution in [0.2, 0.25) is 0 Å². The van der Waals surface area contributed by atoms with Gasteiger partial charge in [-0.05, 0) is 32.2 Å². The zero-order valence-corrected chi connectivity index (χ0v) is 19.2. The third-order valence-corrected chi connectivity index (χ3v) is 5.02. The van der Waals surface area contributed by atoms with Gasteiger partial charge in [-0.2, -0.15) is 0 Å². The van der Waals surface area contributed by atoms with E-state index >= 15 is 0 Å². The van der Waals surface area contributed by atoms with Crippen LogP contribution in [0, 0.1) is 0 Å². The molecule has 1 rings (SSSR count). The minimum atomic E-state index is -1.51. The number of H-pyrrole nitrogens is 1. The topological polar surface area (TPSA) is 269 Å². The Morgan fingerprint density at radius 3 is 2.14 bits per heavy atom. The molecule has 15 heteroatoms. The summed E-state index contributed by atoms with van der Waals surface area (Å²) in [6, 6.07) is -5.04. The van der Waals surface area contributed by atoms with Gasteiger partial charge >= 0.3 is 5.97 Å². The number of carbonyl (C=O) groups is 5. The number of aromatic nitrogens is 2. The summed E-state index contributed by atoms with van der Waals surface area (Å²) in [4.78, 5) is 66.8. The van der Waals surface area contributed by atoms with Crippen LogP contribution in [0.4, 0.5) is 0 Å². The summed E-state index contributed by atoms with van der Waals surface area (Å²) >= 11 is 0. The smallest absolute Gasteiger partial charge is 0.326 e. The first kappa shape index (κ1) is 29.5. The van der Waals surface area contributed by atoms with E-state index in [9.17, 15) is 34.2 Å². The lowest BCUT2D eigenvalue weighted by Gasteiger charge is -2.24. The van der Waals surface area contributed by atoms with Crippen molar-refractivity contribution in [2.75, 3.05) is 13.2 Å². The maximum atomic E-state index is 12.8. The van der Waals surface area contributed by atoms with Crippen molar-refractivity contribution in [2.45, 2.75) is 62.7 Å². The molecule has 15 nitrogen and oxygen atoms in total. The fraction of sp³-hybridized carbons (Fsp3) is 0.600. The summed E-state index contributed by atoms with van der Waals surface area (Å²) in [5.41, 5.74) is 17.0. The van der Waals surface area contributed by atoms with Gasteiger partial charge in [0.1, 0.15) is 18.1 Å². The number of nitrogens with zero attached hydrogens (tertiary/aromatic N) is 1. The van der Waals surface area contributed by atoms with E-state index in [-0.39, 0.29) is 25.7 Å². The maximum Gasteiger partial charge on any atom is 0.326 e. The lowest BCUT2D eigenvalue weighted by Crippen LogP contribution is -2.58. The van der Waals surface area contributed by atoms with E-state index in [2.05, 4.69) is 25.9 Å². The summed E-state index contributed by atoms with van der Waals surface area (Å²) in [7, 11) is 0. The number of unbranched alkanes of at least 4 members (excludes halogenated alkanes) is 1. The first-order valence-electron chi connectivity index (χ1n) is 11.0. The van der Waals surface area contributed by atoms with Crippen LogP contribution in [0.1, 0.15) is 37.8 Å². The number of aliphatic hydroxyl groups is 1. The molecule has 4 unspecified atom stereocenters. The number of carbonyl (C=O) groups excluding carboxylic acids is 4. The van der Waals surface area contributed by atoms with Gasteiger partial charge in [0.15, 0.2) is 0 Å². The maximum absolute atomic E-state index is 12.8. The Hall–Kier alpha value is -3.56. The van der Waals surface area contributed by atoms with Crippen LogP contribution in [0.15, 0.2) is 12.5 Å². The lowest BCUT2D eigenvalue weighted by atomic mass is 10.1. The SMILES string of the molecule is NCCCCC(NC(=O)C(N)Cc1cnc[nH]1)C(=O)NC(CO)C(=O)NC(CCC(N)=O)C(=O)O. The lowest BCUT2D eigenvalue weighted by molar-refractivity contribution is -0.143. The number of nitrogens with one attached hydrogen (secondary N) is 4. The van der Waals surface area contributed by atoms with Crippen molar-refractivity contribution in [3.63, 3.8) is 0 Å². The summed E-state index contributed by atoms with van der Waals surface area (Å²) in [5.74, 6) is -4.54. The van der Waals surface area contributed by atoms with Crippen molar-refractivity contribution in [1.82, 2.24) is 25.9 Å². The fourth-order valence-electron chi connectivity index (χ4n) is 3.05. The van der Waals surface area contributed by atoms with Crippen molar-refractivity contribution >= 4 is 29.6 Å². The van der Waals surface area contributed by atoms with Gasteiger partial charge in [-0.25, -0.2) is 9.78 Å². The molecule has 0 saturated heterocycles. The Morgan fingerprint density at radius 1 is 0.971 bits per heavy atom. The highest BCUT2D eigenvalue weighted by molar-refractivity contribution is 5.94. The molecule has 0 aromatic carbocycles. The Balaban J connectivity index is 2.82. The molecule has 1 aromatic rings. The quantitative estimate of drug-likeness (QED) is 0.0945. The number of hydrogen-bond acceptors (Lipinski definition) is 9. The van der Waals surface area contributed by atoms with E-state index in [1.807, 2.05) is 0 Å². The van der Waals surface area contributed by atoms with Crippen molar-refractivity contribution < 1.29 is 34.2 Å². The molecule has 0 aliphatic heterocycles. The number of aliphatic hydroxyl groups excluding tert-OH is 1. The van der Waals surface area contributed by atoms with Crippen LogP contribution < -0.4 is 33.2 Å². The molecule has 0 aliphatic rings. The van der Waals surface area contributed by atoms with E-state index in [0.29, 0.717) is 25.1 Å². The van der Waals surface area contributed by atoms with Gasteiger partial charge in [0.05, 0.1) is 19.0 Å². The molecule has 1 aromatic heterocycles. The predicted molar refractivity (Wildman–Crippen MR) is 122 cm³/mol. The molecule has 0 aliphatic carbocycles. The highest BCUT2D eigenvalue weighted by atomic mass is 16.4. The standard InChI is InChI=1S/C20H34N8O7/c21-6-2-1-3-13(26-17(31)12(22)7-11-8-24-10-25-11)18(32)28-15(9-29)19(33)27-14(20(34)35)4-5-16(23)30/h8,10,12-15,29H,1-7,9,21-22H2,(H2,23,30)(H,24,25)(H,26,31)(H,27,33)(H,28,32)(H,34,35). The van der Waals surface area contributed by atoms with Crippen molar-refractivity contribution in [3.8, 4) is 0 Å². The van der Waals surface area contributed by atoms with Gasteiger partial charge in [-0.3, -0.25) is 19.2 Å². The predicted octanol–water partition coefficient (Wildman–Crippen LogP) is -3.79. The zero-order chi connectivity index (χ0) is 26.4. The Kier molecular flexibility index (Phi) is 12.9. The number of aromatic amines is 1. The number of aliphatic carboxylic acids is 1. The second-order valence-electron chi connectivity index (χ2n) is 7.88. The van der Waals surface area contributed by atoms with Crippen LogP contribution in [-0.2, 0) is 30.4 Å². The summed E-state index contributed by atoms with van der Waals surface area (Å²) in [6.07, 6.45) is 3.77. The Morgan fingerprint density at radius 2 is 1.60 bits per heavy atom. The van der Waals surface area contributed by atoms with E-state index in [4.69, 9.17) is 17.2 Å². The summed E-state index contributed by atoms with van der Waals surface area (Å²) in [6.45, 7) is -0.478. The van der Waals surface area contributed by atoms with Crippen molar-refractivity contribution in [3.05, 3.63) is 18.2 Å². The molecule has 0 fully saturated rings. The molecular formula is C20H34N8O7. The molecule has 35 heavy (non-hydrogen) atoms. The number of rotatable bonds is 17. The number of hydrogen-bond donors (Lipinski definition) is 9. The molecule has 4 atom stereocenters. The van der Waals surface area contributed by atoms with Crippen LogP contribution in [0.3, 0.4) is 0 Å². The highest BCUT2D eigenvalue weighted by Crippen LogP contribution is 2.05. The molecule has 196 valence electrons. The number of carboxylic acid groups (broad SMARTS) is 1. The van der Waals surface area contributed by atoms with Crippen LogP contribution in [-0.4, -0.2) is 87.1 Å². The number of nitrogens with two attached hydrogens (primary N) is 3. The highest BCUT2D eigenvalue weighted by Gasteiger charge is 2.30. The largest absolute Gasteiger partial charge is 0.480 e. The average molecular weight is 499 g/mol. The average Bonchev–Trinajstić information content (AvgIpc) is 3.31. The van der Waals surface area contributed by atoms with Crippen LogP contribution in [0.25, 0.3) is 0 Å². The minimum absolute atomic E-state index is 0.145.